The topological polar surface area (TPSA) is 0 Å². The van der Waals surface area contributed by atoms with Crippen molar-refractivity contribution in [3.8, 4) is 0 Å². The first kappa shape index (κ1) is 9.65. The van der Waals surface area contributed by atoms with Gasteiger partial charge in [0, 0.05) is 0 Å². The van der Waals surface area contributed by atoms with Gasteiger partial charge in [-0.05, 0) is 6.92 Å². The van der Waals surface area contributed by atoms with Crippen molar-refractivity contribution < 1.29 is 4.39 Å². The summed E-state index contributed by atoms with van der Waals surface area (Å²) in [5, 5.41) is 0. The standard InChI is InChI=1S/C3H5F.C3H6/c1-2-3-4;1-3-2/h2H,1,3H2;3H,1H2,2H3. The molecular formula is C6H11F. The smallest absolute Gasteiger partial charge is 0.107 e. The van der Waals surface area contributed by atoms with Crippen molar-refractivity contribution in [2.45, 2.75) is 6.92 Å². The molecule has 0 aromatic heterocycles. The van der Waals surface area contributed by atoms with Gasteiger partial charge in [0.2, 0.25) is 0 Å². The lowest BCUT2D eigenvalue weighted by Gasteiger charge is -1.54. The fourth-order valence-corrected chi connectivity index (χ4v) is 0. The van der Waals surface area contributed by atoms with Crippen LogP contribution in [0.4, 0.5) is 4.39 Å². The van der Waals surface area contributed by atoms with Crippen LogP contribution < -0.4 is 0 Å². The van der Waals surface area contributed by atoms with Crippen molar-refractivity contribution in [1.29, 1.82) is 0 Å². The van der Waals surface area contributed by atoms with Crippen LogP contribution in [0.2, 0.25) is 0 Å². The SMILES string of the molecule is C=CC.C=CCF. The van der Waals surface area contributed by atoms with Crippen molar-refractivity contribution >= 4 is 0 Å². The van der Waals surface area contributed by atoms with E-state index in [2.05, 4.69) is 13.2 Å². The van der Waals surface area contributed by atoms with Crippen molar-refractivity contribution in [1.82, 2.24) is 0 Å². The molecule has 0 saturated carbocycles. The summed E-state index contributed by atoms with van der Waals surface area (Å²) >= 11 is 0. The Hall–Kier alpha value is -0.590. The summed E-state index contributed by atoms with van der Waals surface area (Å²) in [7, 11) is 0. The molecule has 0 nitrogen and oxygen atoms in total. The van der Waals surface area contributed by atoms with Gasteiger partial charge in [0.15, 0.2) is 0 Å². The first-order valence-corrected chi connectivity index (χ1v) is 2.07. The Kier molecular flexibility index (Phi) is 25.0. The van der Waals surface area contributed by atoms with Crippen LogP contribution in [0.3, 0.4) is 0 Å². The second-order valence-electron chi connectivity index (χ2n) is 0.851. The van der Waals surface area contributed by atoms with Gasteiger partial charge >= 0.3 is 0 Å². The maximum atomic E-state index is 10.6. The first-order chi connectivity index (χ1) is 3.33. The summed E-state index contributed by atoms with van der Waals surface area (Å²) in [5.74, 6) is 0. The summed E-state index contributed by atoms with van der Waals surface area (Å²) in [6, 6.07) is 0. The lowest BCUT2D eigenvalue weighted by molar-refractivity contribution is 0.562. The first-order valence-electron chi connectivity index (χ1n) is 2.07. The average molecular weight is 102 g/mol. The number of halogens is 1. The molecule has 0 radical (unpaired) electrons. The lowest BCUT2D eigenvalue weighted by atomic mass is 10.7. The Morgan fingerprint density at radius 2 is 1.71 bits per heavy atom. The van der Waals surface area contributed by atoms with Crippen LogP contribution in [-0.2, 0) is 0 Å². The predicted molar refractivity (Wildman–Crippen MR) is 32.0 cm³/mol. The van der Waals surface area contributed by atoms with Gasteiger partial charge in [0.05, 0.1) is 0 Å². The van der Waals surface area contributed by atoms with Crippen molar-refractivity contribution in [3.63, 3.8) is 0 Å². The third-order valence-corrected chi connectivity index (χ3v) is 0.109. The highest BCUT2D eigenvalue weighted by atomic mass is 19.1. The molecule has 42 valence electrons. The van der Waals surface area contributed by atoms with Gasteiger partial charge in [0.1, 0.15) is 6.67 Å². The monoisotopic (exact) mass is 102 g/mol. The molecule has 1 heteroatoms. The van der Waals surface area contributed by atoms with E-state index in [9.17, 15) is 4.39 Å². The molecule has 0 aliphatic rings. The molecule has 7 heavy (non-hydrogen) atoms. The lowest BCUT2D eigenvalue weighted by Crippen LogP contribution is -1.48. The molecule has 0 saturated heterocycles. The van der Waals surface area contributed by atoms with Gasteiger partial charge < -0.3 is 0 Å². The van der Waals surface area contributed by atoms with Crippen molar-refractivity contribution in [2.75, 3.05) is 6.67 Å². The molecule has 0 amide bonds. The molecule has 0 aromatic carbocycles. The fourth-order valence-electron chi connectivity index (χ4n) is 0. The maximum Gasteiger partial charge on any atom is 0.107 e. The van der Waals surface area contributed by atoms with E-state index in [1.54, 1.807) is 6.08 Å². The number of alkyl halides is 1. The molecule has 0 aliphatic carbocycles. The number of rotatable bonds is 1. The van der Waals surface area contributed by atoms with Crippen LogP contribution in [-0.4, -0.2) is 6.67 Å². The van der Waals surface area contributed by atoms with Crippen molar-refractivity contribution in [2.24, 2.45) is 0 Å². The zero-order chi connectivity index (χ0) is 6.12. The Labute approximate surface area is 44.4 Å². The van der Waals surface area contributed by atoms with E-state index in [4.69, 9.17) is 0 Å². The van der Waals surface area contributed by atoms with Crippen LogP contribution in [0.1, 0.15) is 6.92 Å². The molecule has 0 bridgehead atoms. The molecule has 0 aliphatic heterocycles. The Bertz CT molecular complexity index is 39.4. The Morgan fingerprint density at radius 1 is 1.57 bits per heavy atom. The Balaban J connectivity index is 0. The van der Waals surface area contributed by atoms with E-state index >= 15 is 0 Å². The van der Waals surface area contributed by atoms with Crippen LogP contribution in [0, 0.1) is 0 Å². The van der Waals surface area contributed by atoms with E-state index in [1.165, 1.54) is 6.08 Å². The molecule has 0 rings (SSSR count). The predicted octanol–water partition coefficient (Wildman–Crippen LogP) is 2.33. The maximum absolute atomic E-state index is 10.6. The number of allylic oxidation sites excluding steroid dienone is 2. The van der Waals surface area contributed by atoms with Crippen LogP contribution >= 0.6 is 0 Å². The van der Waals surface area contributed by atoms with Crippen LogP contribution in [0.5, 0.6) is 0 Å². The normalized spacial score (nSPS) is 5.43. The summed E-state index contributed by atoms with van der Waals surface area (Å²) < 4.78 is 10.6. The molecule has 0 heterocycles. The van der Waals surface area contributed by atoms with Crippen molar-refractivity contribution in [3.05, 3.63) is 25.3 Å². The molecule has 0 N–H and O–H groups in total. The largest absolute Gasteiger partial charge is 0.247 e. The third kappa shape index (κ3) is 374. The number of hydrogen-bond acceptors (Lipinski definition) is 0. The molecule has 0 spiro atoms. The fraction of sp³-hybridized carbons (Fsp3) is 0.333. The molecule has 0 unspecified atom stereocenters. The molecular weight excluding hydrogens is 91.1 g/mol. The minimum absolute atomic E-state index is 0.417. The number of hydrogen-bond donors (Lipinski definition) is 0. The van der Waals surface area contributed by atoms with E-state index in [0.29, 0.717) is 0 Å². The summed E-state index contributed by atoms with van der Waals surface area (Å²) in [6.07, 6.45) is 2.96. The zero-order valence-electron chi connectivity index (χ0n) is 4.65. The minimum Gasteiger partial charge on any atom is -0.247 e. The minimum atomic E-state index is -0.417. The second kappa shape index (κ2) is 18.1. The van der Waals surface area contributed by atoms with Gasteiger partial charge in [-0.15, -0.1) is 13.2 Å². The highest BCUT2D eigenvalue weighted by Crippen LogP contribution is 1.58. The summed E-state index contributed by atoms with van der Waals surface area (Å²) in [6.45, 7) is 7.94. The zero-order valence-corrected chi connectivity index (χ0v) is 4.65. The molecule has 0 atom stereocenters. The Morgan fingerprint density at radius 3 is 1.71 bits per heavy atom. The van der Waals surface area contributed by atoms with Gasteiger partial charge in [0.25, 0.3) is 0 Å². The van der Waals surface area contributed by atoms with Gasteiger partial charge in [-0.3, -0.25) is 0 Å². The summed E-state index contributed by atoms with van der Waals surface area (Å²) in [5.41, 5.74) is 0. The highest BCUT2D eigenvalue weighted by Gasteiger charge is 1.49. The molecule has 0 aromatic rings. The second-order valence-corrected chi connectivity index (χ2v) is 0.851. The molecule has 0 fully saturated rings. The van der Waals surface area contributed by atoms with E-state index < -0.39 is 6.67 Å². The highest BCUT2D eigenvalue weighted by molar-refractivity contribution is 4.61. The van der Waals surface area contributed by atoms with E-state index in [-0.39, 0.29) is 0 Å². The van der Waals surface area contributed by atoms with Crippen LogP contribution in [0.25, 0.3) is 0 Å². The average Bonchev–Trinajstić information content (AvgIpc) is 1.69. The summed E-state index contributed by atoms with van der Waals surface area (Å²) in [4.78, 5) is 0. The van der Waals surface area contributed by atoms with Gasteiger partial charge in [-0.2, -0.15) is 0 Å². The van der Waals surface area contributed by atoms with Gasteiger partial charge in [-0.1, -0.05) is 12.2 Å². The van der Waals surface area contributed by atoms with Crippen LogP contribution in [0.15, 0.2) is 25.3 Å². The van der Waals surface area contributed by atoms with E-state index in [0.717, 1.165) is 0 Å². The quantitative estimate of drug-likeness (QED) is 0.446. The van der Waals surface area contributed by atoms with E-state index in [1.807, 2.05) is 6.92 Å². The third-order valence-electron chi connectivity index (χ3n) is 0.109. The van der Waals surface area contributed by atoms with Gasteiger partial charge in [-0.25, -0.2) is 4.39 Å².